The van der Waals surface area contributed by atoms with E-state index in [1.807, 2.05) is 11.9 Å². The van der Waals surface area contributed by atoms with Crippen LogP contribution in [0.5, 0.6) is 0 Å². The van der Waals surface area contributed by atoms with Crippen LogP contribution in [0.2, 0.25) is 0 Å². The molecule has 2 atom stereocenters. The molecule has 0 spiro atoms. The number of rotatable bonds is 5. The van der Waals surface area contributed by atoms with Gasteiger partial charge in [-0.1, -0.05) is 12.5 Å². The Morgan fingerprint density at radius 3 is 2.89 bits per heavy atom. The van der Waals surface area contributed by atoms with Gasteiger partial charge >= 0.3 is 0 Å². The second-order valence-electron chi connectivity index (χ2n) is 5.20. The number of hydrogen-bond donors (Lipinski definition) is 1. The second-order valence-corrected chi connectivity index (χ2v) is 6.24. The molecule has 2 rings (SSSR count). The van der Waals surface area contributed by atoms with Crippen molar-refractivity contribution in [2.75, 3.05) is 13.6 Å². The molecule has 1 saturated carbocycles. The first-order valence-electron chi connectivity index (χ1n) is 6.68. The van der Waals surface area contributed by atoms with Crippen LogP contribution >= 0.6 is 23.7 Å². The van der Waals surface area contributed by atoms with E-state index in [0.29, 0.717) is 12.3 Å². The van der Waals surface area contributed by atoms with Gasteiger partial charge in [-0.2, -0.15) is 0 Å². The molecule has 1 aromatic heterocycles. The average Bonchev–Trinajstić information content (AvgIpc) is 2.99. The number of hydrogen-bond acceptors (Lipinski definition) is 3. The third-order valence-corrected chi connectivity index (χ3v) is 4.79. The van der Waals surface area contributed by atoms with Gasteiger partial charge in [0.05, 0.1) is 0 Å². The van der Waals surface area contributed by atoms with Crippen molar-refractivity contribution in [3.8, 4) is 0 Å². The topological polar surface area (TPSA) is 46.3 Å². The van der Waals surface area contributed by atoms with Gasteiger partial charge in [-0.05, 0) is 36.6 Å². The highest BCUT2D eigenvalue weighted by atomic mass is 35.5. The maximum absolute atomic E-state index is 12.1. The highest BCUT2D eigenvalue weighted by Crippen LogP contribution is 2.27. The summed E-state index contributed by atoms with van der Waals surface area (Å²) < 4.78 is 0. The summed E-state index contributed by atoms with van der Waals surface area (Å²) in [5.74, 6) is 0.649. The highest BCUT2D eigenvalue weighted by molar-refractivity contribution is 7.09. The number of thiophene rings is 1. The van der Waals surface area contributed by atoms with Crippen molar-refractivity contribution >= 4 is 29.7 Å². The Morgan fingerprint density at radius 2 is 2.32 bits per heavy atom. The van der Waals surface area contributed by atoms with Crippen molar-refractivity contribution in [1.82, 2.24) is 4.90 Å². The lowest BCUT2D eigenvalue weighted by molar-refractivity contribution is -0.130. The molecule has 19 heavy (non-hydrogen) atoms. The lowest BCUT2D eigenvalue weighted by Gasteiger charge is -2.21. The van der Waals surface area contributed by atoms with Crippen molar-refractivity contribution in [3.63, 3.8) is 0 Å². The summed E-state index contributed by atoms with van der Waals surface area (Å²) >= 11 is 1.75. The second kappa shape index (κ2) is 7.88. The van der Waals surface area contributed by atoms with E-state index in [1.165, 1.54) is 11.3 Å². The van der Waals surface area contributed by atoms with Crippen LogP contribution in [-0.4, -0.2) is 30.4 Å². The quantitative estimate of drug-likeness (QED) is 0.909. The van der Waals surface area contributed by atoms with Gasteiger partial charge in [-0.15, -0.1) is 23.7 Å². The van der Waals surface area contributed by atoms with Crippen LogP contribution in [0.1, 0.15) is 30.6 Å². The van der Waals surface area contributed by atoms with E-state index in [2.05, 4.69) is 17.5 Å². The van der Waals surface area contributed by atoms with E-state index < -0.39 is 0 Å². The first-order valence-corrected chi connectivity index (χ1v) is 7.56. The zero-order valence-electron chi connectivity index (χ0n) is 11.4. The Kier molecular flexibility index (Phi) is 6.83. The normalized spacial score (nSPS) is 22.0. The first-order chi connectivity index (χ1) is 8.66. The minimum atomic E-state index is 0. The molecule has 1 aromatic rings. The molecule has 0 aliphatic heterocycles. The van der Waals surface area contributed by atoms with E-state index in [1.54, 1.807) is 11.3 Å². The smallest absolute Gasteiger partial charge is 0.222 e. The first kappa shape index (κ1) is 16.5. The van der Waals surface area contributed by atoms with E-state index in [0.717, 1.165) is 25.8 Å². The Labute approximate surface area is 125 Å². The van der Waals surface area contributed by atoms with E-state index in [9.17, 15) is 4.79 Å². The predicted molar refractivity (Wildman–Crippen MR) is 82.8 cm³/mol. The summed E-state index contributed by atoms with van der Waals surface area (Å²) in [7, 11) is 1.90. The lowest BCUT2D eigenvalue weighted by atomic mass is 9.99. The standard InChI is InChI=1S/C14H22N2OS.ClH/c1-16(8-7-12-5-3-9-18-12)14(17)10-11-4-2-6-13(11)15;/h3,5,9,11,13H,2,4,6-8,10,15H2,1H3;1H/t11-,13+;/m0./s1. The average molecular weight is 303 g/mol. The largest absolute Gasteiger partial charge is 0.345 e. The molecular formula is C14H23ClN2OS. The minimum Gasteiger partial charge on any atom is -0.345 e. The van der Waals surface area contributed by atoms with Crippen LogP contribution in [0.15, 0.2) is 17.5 Å². The van der Waals surface area contributed by atoms with Gasteiger partial charge in [0.25, 0.3) is 0 Å². The monoisotopic (exact) mass is 302 g/mol. The molecule has 5 heteroatoms. The molecule has 3 nitrogen and oxygen atoms in total. The summed E-state index contributed by atoms with van der Waals surface area (Å²) in [4.78, 5) is 15.3. The molecule has 108 valence electrons. The van der Waals surface area contributed by atoms with Crippen molar-refractivity contribution in [2.45, 2.75) is 38.1 Å². The van der Waals surface area contributed by atoms with E-state index >= 15 is 0 Å². The number of carbonyl (C=O) groups is 1. The third-order valence-electron chi connectivity index (χ3n) is 3.85. The summed E-state index contributed by atoms with van der Waals surface area (Å²) in [5.41, 5.74) is 6.01. The van der Waals surface area contributed by atoms with Gasteiger partial charge in [0, 0.05) is 30.9 Å². The van der Waals surface area contributed by atoms with Gasteiger partial charge in [0.1, 0.15) is 0 Å². The number of nitrogens with two attached hydrogens (primary N) is 1. The number of nitrogens with zero attached hydrogens (tertiary/aromatic N) is 1. The van der Waals surface area contributed by atoms with Crippen molar-refractivity contribution in [2.24, 2.45) is 11.7 Å². The molecule has 1 heterocycles. The molecular weight excluding hydrogens is 280 g/mol. The summed E-state index contributed by atoms with van der Waals surface area (Å²) in [6.45, 7) is 0.807. The Bertz CT molecular complexity index is 383. The zero-order chi connectivity index (χ0) is 13.0. The SMILES string of the molecule is CN(CCc1cccs1)C(=O)C[C@@H]1CCC[C@H]1N.Cl. The number of likely N-dealkylation sites (N-methyl/N-ethyl adjacent to an activating group) is 1. The van der Waals surface area contributed by atoms with Crippen molar-refractivity contribution in [3.05, 3.63) is 22.4 Å². The molecule has 0 bridgehead atoms. The van der Waals surface area contributed by atoms with Crippen LogP contribution < -0.4 is 5.73 Å². The maximum Gasteiger partial charge on any atom is 0.222 e. The number of carbonyl (C=O) groups excluding carboxylic acids is 1. The Hall–Kier alpha value is -0.580. The summed E-state index contributed by atoms with van der Waals surface area (Å²) in [6, 6.07) is 4.41. The molecule has 0 radical (unpaired) electrons. The number of halogens is 1. The van der Waals surface area contributed by atoms with E-state index in [-0.39, 0.29) is 24.4 Å². The minimum absolute atomic E-state index is 0. The zero-order valence-corrected chi connectivity index (χ0v) is 13.0. The fraction of sp³-hybridized carbons (Fsp3) is 0.643. The van der Waals surface area contributed by atoms with Crippen molar-refractivity contribution in [1.29, 1.82) is 0 Å². The fourth-order valence-corrected chi connectivity index (χ4v) is 3.25. The highest BCUT2D eigenvalue weighted by Gasteiger charge is 2.27. The van der Waals surface area contributed by atoms with Crippen LogP contribution in [0.3, 0.4) is 0 Å². The Balaban J connectivity index is 0.00000180. The number of amides is 1. The lowest BCUT2D eigenvalue weighted by Crippen LogP contribution is -2.33. The van der Waals surface area contributed by atoms with Gasteiger partial charge in [0.15, 0.2) is 0 Å². The van der Waals surface area contributed by atoms with Gasteiger partial charge in [0.2, 0.25) is 5.91 Å². The van der Waals surface area contributed by atoms with Crippen LogP contribution in [0.4, 0.5) is 0 Å². The van der Waals surface area contributed by atoms with Gasteiger partial charge < -0.3 is 10.6 Å². The Morgan fingerprint density at radius 1 is 1.53 bits per heavy atom. The molecule has 1 amide bonds. The predicted octanol–water partition coefficient (Wildman–Crippen LogP) is 2.69. The summed E-state index contributed by atoms with van der Waals surface area (Å²) in [6.07, 6.45) is 4.96. The van der Waals surface area contributed by atoms with E-state index in [4.69, 9.17) is 5.73 Å². The van der Waals surface area contributed by atoms with Gasteiger partial charge in [-0.3, -0.25) is 4.79 Å². The molecule has 1 aliphatic carbocycles. The fourth-order valence-electron chi connectivity index (χ4n) is 2.56. The maximum atomic E-state index is 12.1. The third kappa shape index (κ3) is 4.79. The van der Waals surface area contributed by atoms with Gasteiger partial charge in [-0.25, -0.2) is 0 Å². The molecule has 1 fully saturated rings. The van der Waals surface area contributed by atoms with Crippen LogP contribution in [-0.2, 0) is 11.2 Å². The molecule has 1 aliphatic rings. The summed E-state index contributed by atoms with van der Waals surface area (Å²) in [5, 5.41) is 2.08. The van der Waals surface area contributed by atoms with Crippen LogP contribution in [0.25, 0.3) is 0 Å². The van der Waals surface area contributed by atoms with Crippen LogP contribution in [0, 0.1) is 5.92 Å². The molecule has 2 N–H and O–H groups in total. The molecule has 0 unspecified atom stereocenters. The molecule has 0 saturated heterocycles. The molecule has 0 aromatic carbocycles. The van der Waals surface area contributed by atoms with Crippen molar-refractivity contribution < 1.29 is 4.79 Å².